The Labute approximate surface area is 211 Å². The zero-order valence-corrected chi connectivity index (χ0v) is 20.3. The van der Waals surface area contributed by atoms with Gasteiger partial charge in [0.1, 0.15) is 19.8 Å². The van der Waals surface area contributed by atoms with E-state index in [0.29, 0.717) is 48.2 Å². The summed E-state index contributed by atoms with van der Waals surface area (Å²) >= 11 is 0. The Morgan fingerprint density at radius 3 is 2.46 bits per heavy atom. The largest absolute Gasteiger partial charge is 0.486 e. The quantitative estimate of drug-likeness (QED) is 0.286. The lowest BCUT2D eigenvalue weighted by molar-refractivity contribution is -0.220. The third-order valence-corrected chi connectivity index (χ3v) is 7.81. The topological polar surface area (TPSA) is 127 Å². The average molecular weight is 507 g/mol. The summed E-state index contributed by atoms with van der Waals surface area (Å²) in [4.78, 5) is 35.2. The highest BCUT2D eigenvalue weighted by Crippen LogP contribution is 2.42. The highest BCUT2D eigenvalue weighted by molar-refractivity contribution is 5.91. The molecule has 0 bridgehead atoms. The molecule has 0 spiro atoms. The van der Waals surface area contributed by atoms with Gasteiger partial charge in [0.2, 0.25) is 0 Å². The van der Waals surface area contributed by atoms with Crippen molar-refractivity contribution in [3.8, 4) is 22.9 Å². The molecule has 0 radical (unpaired) electrons. The number of aliphatic hydroxyl groups is 2. The number of aromatic nitrogens is 2. The monoisotopic (exact) mass is 506 g/mol. The zero-order chi connectivity index (χ0) is 25.5. The number of carbonyl (C=O) groups excluding carboxylic acids is 1. The molecular weight excluding hydrogens is 480 g/mol. The molecule has 2 aromatic heterocycles. The van der Waals surface area contributed by atoms with E-state index in [4.69, 9.17) is 19.2 Å². The molecule has 192 valence electrons. The van der Waals surface area contributed by atoms with Crippen LogP contribution in [0.1, 0.15) is 22.3 Å². The van der Waals surface area contributed by atoms with Gasteiger partial charge < -0.3 is 33.9 Å². The molecule has 11 heteroatoms. The Kier molecular flexibility index (Phi) is 4.90. The number of hydrogen-bond acceptors (Lipinski definition) is 10. The smallest absolute Gasteiger partial charge is 0.371 e. The van der Waals surface area contributed by atoms with Crippen molar-refractivity contribution in [3.05, 3.63) is 50.8 Å². The van der Waals surface area contributed by atoms with E-state index in [-0.39, 0.29) is 24.3 Å². The van der Waals surface area contributed by atoms with Crippen molar-refractivity contribution < 1.29 is 29.2 Å². The Balaban J connectivity index is 1.44. The van der Waals surface area contributed by atoms with Crippen molar-refractivity contribution in [2.24, 2.45) is 0 Å². The summed E-state index contributed by atoms with van der Waals surface area (Å²) in [5.74, 6) is -2.81. The van der Waals surface area contributed by atoms with Gasteiger partial charge in [-0.2, -0.15) is 0 Å². The number of pyridine rings is 2. The van der Waals surface area contributed by atoms with E-state index < -0.39 is 17.3 Å². The van der Waals surface area contributed by atoms with Crippen molar-refractivity contribution in [3.63, 3.8) is 0 Å². The summed E-state index contributed by atoms with van der Waals surface area (Å²) in [6.07, 6.45) is 0. The van der Waals surface area contributed by atoms with Crippen LogP contribution in [0.25, 0.3) is 22.3 Å². The van der Waals surface area contributed by atoms with Crippen molar-refractivity contribution in [1.82, 2.24) is 19.4 Å². The summed E-state index contributed by atoms with van der Waals surface area (Å²) in [5.41, 5.74) is 3.15. The summed E-state index contributed by atoms with van der Waals surface area (Å²) in [7, 11) is 2.11. The van der Waals surface area contributed by atoms with Crippen molar-refractivity contribution in [1.29, 1.82) is 0 Å². The van der Waals surface area contributed by atoms with Crippen LogP contribution in [-0.2, 0) is 35.0 Å². The number of fused-ring (bicyclic) bond motifs is 6. The molecule has 11 nitrogen and oxygen atoms in total. The van der Waals surface area contributed by atoms with Gasteiger partial charge in [0.05, 0.1) is 29.0 Å². The molecule has 3 aromatic rings. The average Bonchev–Trinajstić information content (AvgIpc) is 3.26. The second-order valence-corrected chi connectivity index (χ2v) is 10.1. The van der Waals surface area contributed by atoms with Gasteiger partial charge in [0, 0.05) is 55.3 Å². The number of rotatable bonds is 2. The maximum atomic E-state index is 13.5. The fraction of sp³-hybridized carbons (Fsp3) is 0.423. The number of cyclic esters (lactones) is 1. The highest BCUT2D eigenvalue weighted by Gasteiger charge is 2.45. The van der Waals surface area contributed by atoms with Gasteiger partial charge in [0.15, 0.2) is 11.5 Å². The van der Waals surface area contributed by atoms with Gasteiger partial charge in [-0.25, -0.2) is 9.78 Å². The normalized spacial score (nSPS) is 20.4. The van der Waals surface area contributed by atoms with Gasteiger partial charge >= 0.3 is 5.97 Å². The minimum absolute atomic E-state index is 0.0589. The second-order valence-electron chi connectivity index (χ2n) is 10.1. The predicted molar refractivity (Wildman–Crippen MR) is 130 cm³/mol. The lowest BCUT2D eigenvalue weighted by Gasteiger charge is -2.33. The van der Waals surface area contributed by atoms with Gasteiger partial charge in [-0.15, -0.1) is 0 Å². The van der Waals surface area contributed by atoms with Crippen LogP contribution in [0.3, 0.4) is 0 Å². The van der Waals surface area contributed by atoms with Crippen LogP contribution in [0.5, 0.6) is 11.5 Å². The molecule has 6 heterocycles. The Hall–Kier alpha value is -3.51. The molecule has 37 heavy (non-hydrogen) atoms. The number of likely N-dealkylation sites (N-methyl/N-ethyl adjacent to an activating group) is 1. The fourth-order valence-corrected chi connectivity index (χ4v) is 5.70. The lowest BCUT2D eigenvalue weighted by atomic mass is 9.96. The van der Waals surface area contributed by atoms with Crippen LogP contribution in [0, 0.1) is 0 Å². The Morgan fingerprint density at radius 1 is 0.973 bits per heavy atom. The van der Waals surface area contributed by atoms with E-state index in [1.807, 2.05) is 12.1 Å². The van der Waals surface area contributed by atoms with Gasteiger partial charge in [0.25, 0.3) is 11.3 Å². The molecule has 0 atom stereocenters. The molecule has 4 aliphatic heterocycles. The lowest BCUT2D eigenvalue weighted by Crippen LogP contribution is -2.44. The Morgan fingerprint density at radius 2 is 1.70 bits per heavy atom. The molecule has 0 amide bonds. The van der Waals surface area contributed by atoms with Crippen LogP contribution in [0.2, 0.25) is 0 Å². The number of ether oxygens (including phenoxy) is 3. The molecule has 2 N–H and O–H groups in total. The number of benzene rings is 1. The molecular formula is C26H26N4O7. The van der Waals surface area contributed by atoms with E-state index in [0.717, 1.165) is 42.7 Å². The maximum absolute atomic E-state index is 13.5. The molecule has 1 fully saturated rings. The fourth-order valence-electron chi connectivity index (χ4n) is 5.70. The third-order valence-electron chi connectivity index (χ3n) is 7.81. The number of carbonyl (C=O) groups is 1. The first kappa shape index (κ1) is 22.7. The standard InChI is InChI=1S/C26H26N4O7/c1-28-2-4-29(5-3-28)11-15-14-8-21-22(36-7-6-35-21)10-19(14)27-23-16(15)12-30-20(23)9-18-17(24(30)31)13-37-25(32)26(18,33)34/h8-10,33-34H,2-7,11-13H2,1H3. The molecule has 4 aliphatic rings. The van der Waals surface area contributed by atoms with E-state index >= 15 is 0 Å². The molecule has 0 unspecified atom stereocenters. The molecule has 0 saturated carbocycles. The summed E-state index contributed by atoms with van der Waals surface area (Å²) < 4.78 is 18.1. The maximum Gasteiger partial charge on any atom is 0.371 e. The number of nitrogens with zero attached hydrogens (tertiary/aromatic N) is 4. The van der Waals surface area contributed by atoms with E-state index in [1.165, 1.54) is 6.07 Å². The van der Waals surface area contributed by atoms with Crippen LogP contribution < -0.4 is 15.0 Å². The van der Waals surface area contributed by atoms with Gasteiger partial charge in [-0.05, 0) is 24.7 Å². The predicted octanol–water partition coefficient (Wildman–Crippen LogP) is 0.138. The zero-order valence-electron chi connectivity index (χ0n) is 20.3. The van der Waals surface area contributed by atoms with Crippen molar-refractivity contribution >= 4 is 16.9 Å². The minimum Gasteiger partial charge on any atom is -0.486 e. The molecule has 0 aliphatic carbocycles. The van der Waals surface area contributed by atoms with E-state index in [1.54, 1.807) is 4.57 Å². The summed E-state index contributed by atoms with van der Waals surface area (Å²) in [5, 5.41) is 21.9. The summed E-state index contributed by atoms with van der Waals surface area (Å²) in [6.45, 7) is 5.33. The van der Waals surface area contributed by atoms with Crippen LogP contribution >= 0.6 is 0 Å². The Bertz CT molecular complexity index is 1540. The third kappa shape index (κ3) is 3.38. The number of hydrogen-bond donors (Lipinski definition) is 2. The first-order chi connectivity index (χ1) is 17.8. The highest BCUT2D eigenvalue weighted by atomic mass is 16.6. The van der Waals surface area contributed by atoms with Crippen molar-refractivity contribution in [2.45, 2.75) is 25.5 Å². The van der Waals surface area contributed by atoms with Crippen LogP contribution in [-0.4, -0.2) is 82.0 Å². The van der Waals surface area contributed by atoms with Crippen LogP contribution in [0.15, 0.2) is 23.0 Å². The van der Waals surface area contributed by atoms with E-state index in [9.17, 15) is 19.8 Å². The van der Waals surface area contributed by atoms with E-state index in [2.05, 4.69) is 16.8 Å². The molecule has 7 rings (SSSR count). The SMILES string of the molecule is CN1CCN(Cc2c3c(nc4cc5c(cc24)OCCO5)-c2cc4c(c(=O)n2C3)COC(=O)C4(O)O)CC1. The first-order valence-corrected chi connectivity index (χ1v) is 12.4. The number of esters is 1. The molecule has 1 saturated heterocycles. The first-order valence-electron chi connectivity index (χ1n) is 12.4. The molecule has 1 aromatic carbocycles. The van der Waals surface area contributed by atoms with Crippen molar-refractivity contribution in [2.75, 3.05) is 46.4 Å². The second kappa shape index (κ2) is 7.99. The van der Waals surface area contributed by atoms with Crippen LogP contribution in [0.4, 0.5) is 0 Å². The summed E-state index contributed by atoms with van der Waals surface area (Å²) in [6, 6.07) is 5.31. The minimum atomic E-state index is -2.89. The number of piperazine rings is 1. The van der Waals surface area contributed by atoms with Gasteiger partial charge in [-0.1, -0.05) is 0 Å². The van der Waals surface area contributed by atoms with Gasteiger partial charge in [-0.3, -0.25) is 9.69 Å².